The minimum atomic E-state index is 0.0107. The van der Waals surface area contributed by atoms with Crippen molar-refractivity contribution < 1.29 is 9.53 Å². The zero-order valence-electron chi connectivity index (χ0n) is 12.4. The maximum absolute atomic E-state index is 12.2. The average molecular weight is 281 g/mol. The summed E-state index contributed by atoms with van der Waals surface area (Å²) in [7, 11) is 0. The van der Waals surface area contributed by atoms with Gasteiger partial charge >= 0.3 is 0 Å². The van der Waals surface area contributed by atoms with E-state index >= 15 is 0 Å². The second-order valence-corrected chi connectivity index (χ2v) is 7.42. The normalized spacial score (nSPS) is 19.6. The monoisotopic (exact) mass is 281 g/mol. The molecule has 2 rings (SSSR count). The van der Waals surface area contributed by atoms with E-state index in [2.05, 4.69) is 27.7 Å². The first kappa shape index (κ1) is 14.7. The molecule has 4 heteroatoms. The number of carbonyl (C=O) groups excluding carboxylic acids is 1. The molecule has 19 heavy (non-hydrogen) atoms. The van der Waals surface area contributed by atoms with E-state index in [1.54, 1.807) is 0 Å². The van der Waals surface area contributed by atoms with E-state index in [0.717, 1.165) is 22.0 Å². The molecule has 0 radical (unpaired) electrons. The minimum Gasteiger partial charge on any atom is -0.371 e. The highest BCUT2D eigenvalue weighted by Crippen LogP contribution is 2.39. The van der Waals surface area contributed by atoms with Crippen LogP contribution in [0.5, 0.6) is 0 Å². The Morgan fingerprint density at radius 2 is 2.05 bits per heavy atom. The largest absolute Gasteiger partial charge is 0.371 e. The standard InChI is InChI=1S/C15H23NO2S/c1-6-18-12(9(2)3)14-16-10-7-15(4,5)8-11(17)13(10)19-14/h9,12H,6-8H2,1-5H3. The molecule has 0 spiro atoms. The van der Waals surface area contributed by atoms with Gasteiger partial charge in [0.1, 0.15) is 11.1 Å². The van der Waals surface area contributed by atoms with Gasteiger partial charge in [-0.1, -0.05) is 27.7 Å². The summed E-state index contributed by atoms with van der Waals surface area (Å²) < 4.78 is 5.79. The van der Waals surface area contributed by atoms with Crippen molar-refractivity contribution in [3.63, 3.8) is 0 Å². The maximum Gasteiger partial charge on any atom is 0.175 e. The molecule has 3 nitrogen and oxygen atoms in total. The number of hydrogen-bond acceptors (Lipinski definition) is 4. The summed E-state index contributed by atoms with van der Waals surface area (Å²) >= 11 is 1.53. The van der Waals surface area contributed by atoms with E-state index in [1.807, 2.05) is 6.92 Å². The summed E-state index contributed by atoms with van der Waals surface area (Å²) in [6, 6.07) is 0. The zero-order valence-corrected chi connectivity index (χ0v) is 13.3. The molecular weight excluding hydrogens is 258 g/mol. The Kier molecular flexibility index (Phi) is 4.11. The number of fused-ring (bicyclic) bond motifs is 1. The molecule has 1 aromatic rings. The molecule has 0 amide bonds. The van der Waals surface area contributed by atoms with Crippen LogP contribution in [0.1, 0.15) is 67.5 Å². The van der Waals surface area contributed by atoms with Crippen LogP contribution in [0.25, 0.3) is 0 Å². The Morgan fingerprint density at radius 3 is 2.63 bits per heavy atom. The number of carbonyl (C=O) groups is 1. The van der Waals surface area contributed by atoms with Crippen molar-refractivity contribution in [2.24, 2.45) is 11.3 Å². The van der Waals surface area contributed by atoms with Crippen LogP contribution in [0.3, 0.4) is 0 Å². The third-order valence-electron chi connectivity index (χ3n) is 3.45. The lowest BCUT2D eigenvalue weighted by atomic mass is 9.78. The van der Waals surface area contributed by atoms with Gasteiger partial charge < -0.3 is 4.74 Å². The SMILES string of the molecule is CCOC(c1nc2c(s1)C(=O)CC(C)(C)C2)C(C)C. The lowest BCUT2D eigenvalue weighted by molar-refractivity contribution is 0.0291. The van der Waals surface area contributed by atoms with Crippen molar-refractivity contribution in [3.05, 3.63) is 15.6 Å². The first-order valence-electron chi connectivity index (χ1n) is 6.98. The summed E-state index contributed by atoms with van der Waals surface area (Å²) in [6.45, 7) is 11.2. The first-order chi connectivity index (χ1) is 8.84. The van der Waals surface area contributed by atoms with Gasteiger partial charge in [-0.2, -0.15) is 0 Å². The Labute approximate surface area is 119 Å². The van der Waals surface area contributed by atoms with Gasteiger partial charge in [-0.05, 0) is 24.7 Å². The predicted octanol–water partition coefficient (Wildman–Crippen LogP) is 4.03. The van der Waals surface area contributed by atoms with Gasteiger partial charge in [0.15, 0.2) is 5.78 Å². The van der Waals surface area contributed by atoms with Crippen molar-refractivity contribution in [2.45, 2.75) is 53.6 Å². The minimum absolute atomic E-state index is 0.0107. The van der Waals surface area contributed by atoms with Crippen LogP contribution in [-0.4, -0.2) is 17.4 Å². The Bertz CT molecular complexity index is 476. The highest BCUT2D eigenvalue weighted by Gasteiger charge is 2.35. The molecule has 1 heterocycles. The number of nitrogens with zero attached hydrogens (tertiary/aromatic N) is 1. The molecule has 0 fully saturated rings. The van der Waals surface area contributed by atoms with Crippen LogP contribution >= 0.6 is 11.3 Å². The fourth-order valence-electron chi connectivity index (χ4n) is 2.59. The van der Waals surface area contributed by atoms with Gasteiger partial charge in [0.05, 0.1) is 10.6 Å². The Balaban J connectivity index is 2.34. The van der Waals surface area contributed by atoms with Gasteiger partial charge in [-0.3, -0.25) is 4.79 Å². The summed E-state index contributed by atoms with van der Waals surface area (Å²) in [4.78, 5) is 17.8. The van der Waals surface area contributed by atoms with Gasteiger partial charge in [-0.25, -0.2) is 4.98 Å². The number of thiazole rings is 1. The summed E-state index contributed by atoms with van der Waals surface area (Å²) in [6.07, 6.45) is 1.53. The van der Waals surface area contributed by atoms with E-state index in [9.17, 15) is 4.79 Å². The van der Waals surface area contributed by atoms with E-state index < -0.39 is 0 Å². The fourth-order valence-corrected chi connectivity index (χ4v) is 3.83. The highest BCUT2D eigenvalue weighted by molar-refractivity contribution is 7.14. The maximum atomic E-state index is 12.2. The second kappa shape index (κ2) is 5.33. The smallest absolute Gasteiger partial charge is 0.175 e. The fraction of sp³-hybridized carbons (Fsp3) is 0.733. The van der Waals surface area contributed by atoms with Crippen LogP contribution in [0.15, 0.2) is 0 Å². The predicted molar refractivity (Wildman–Crippen MR) is 77.8 cm³/mol. The lowest BCUT2D eigenvalue weighted by Gasteiger charge is -2.26. The number of ketones is 1. The van der Waals surface area contributed by atoms with Crippen LogP contribution in [-0.2, 0) is 11.2 Å². The van der Waals surface area contributed by atoms with Crippen molar-refractivity contribution in [2.75, 3.05) is 6.61 Å². The molecule has 1 aromatic heterocycles. The number of hydrogen-bond donors (Lipinski definition) is 0. The quantitative estimate of drug-likeness (QED) is 0.836. The summed E-state index contributed by atoms with van der Waals surface area (Å²) in [5.41, 5.74) is 1.01. The third kappa shape index (κ3) is 3.06. The zero-order chi connectivity index (χ0) is 14.2. The number of ether oxygens (including phenoxy) is 1. The summed E-state index contributed by atoms with van der Waals surface area (Å²) in [5.74, 6) is 0.615. The molecular formula is C15H23NO2S. The second-order valence-electron chi connectivity index (χ2n) is 6.39. The van der Waals surface area contributed by atoms with Crippen molar-refractivity contribution in [1.82, 2.24) is 4.98 Å². The summed E-state index contributed by atoms with van der Waals surface area (Å²) in [5, 5.41) is 0.966. The van der Waals surface area contributed by atoms with Crippen LogP contribution in [0.2, 0.25) is 0 Å². The van der Waals surface area contributed by atoms with Gasteiger partial charge in [0.25, 0.3) is 0 Å². The van der Waals surface area contributed by atoms with Gasteiger partial charge in [0, 0.05) is 13.0 Å². The van der Waals surface area contributed by atoms with Crippen LogP contribution in [0.4, 0.5) is 0 Å². The first-order valence-corrected chi connectivity index (χ1v) is 7.80. The molecule has 0 saturated carbocycles. The van der Waals surface area contributed by atoms with E-state index in [-0.39, 0.29) is 17.3 Å². The molecule has 1 atom stereocenters. The van der Waals surface area contributed by atoms with Crippen molar-refractivity contribution in [3.8, 4) is 0 Å². The van der Waals surface area contributed by atoms with E-state index in [4.69, 9.17) is 9.72 Å². The average Bonchev–Trinajstić information content (AvgIpc) is 2.67. The molecule has 0 bridgehead atoms. The molecule has 106 valence electrons. The molecule has 0 saturated heterocycles. The van der Waals surface area contributed by atoms with E-state index in [0.29, 0.717) is 18.9 Å². The Morgan fingerprint density at radius 1 is 1.37 bits per heavy atom. The topological polar surface area (TPSA) is 39.2 Å². The van der Waals surface area contributed by atoms with Crippen molar-refractivity contribution in [1.29, 1.82) is 0 Å². The van der Waals surface area contributed by atoms with Gasteiger partial charge in [-0.15, -0.1) is 11.3 Å². The Hall–Kier alpha value is -0.740. The number of aromatic nitrogens is 1. The molecule has 1 aliphatic rings. The lowest BCUT2D eigenvalue weighted by Crippen LogP contribution is -2.26. The molecule has 0 aliphatic heterocycles. The van der Waals surface area contributed by atoms with Crippen LogP contribution in [0, 0.1) is 11.3 Å². The molecule has 0 N–H and O–H groups in total. The van der Waals surface area contributed by atoms with Gasteiger partial charge in [0.2, 0.25) is 0 Å². The van der Waals surface area contributed by atoms with E-state index in [1.165, 1.54) is 11.3 Å². The van der Waals surface area contributed by atoms with Crippen LogP contribution < -0.4 is 0 Å². The molecule has 1 unspecified atom stereocenters. The molecule has 0 aromatic carbocycles. The third-order valence-corrected chi connectivity index (χ3v) is 4.65. The van der Waals surface area contributed by atoms with Crippen molar-refractivity contribution >= 4 is 17.1 Å². The molecule has 1 aliphatic carbocycles. The highest BCUT2D eigenvalue weighted by atomic mass is 32.1. The number of Topliss-reactive ketones (excluding diaryl/α,β-unsaturated/α-hetero) is 1. The number of rotatable bonds is 4.